The van der Waals surface area contributed by atoms with Gasteiger partial charge in [-0.25, -0.2) is 0 Å². The normalized spacial score (nSPS) is 48.8. The van der Waals surface area contributed by atoms with Crippen LogP contribution in [-0.4, -0.2) is 48.4 Å². The van der Waals surface area contributed by atoms with E-state index in [1.54, 1.807) is 0 Å². The summed E-state index contributed by atoms with van der Waals surface area (Å²) < 4.78 is 16.9. The summed E-state index contributed by atoms with van der Waals surface area (Å²) >= 11 is 0. The van der Waals surface area contributed by atoms with Gasteiger partial charge >= 0.3 is 5.97 Å². The Morgan fingerprint density at radius 1 is 0.923 bits per heavy atom. The maximum absolute atomic E-state index is 12.6. The molecule has 6 unspecified atom stereocenters. The fraction of sp³-hybridized carbons (Fsp3) is 0.900. The van der Waals surface area contributed by atoms with Gasteiger partial charge in [-0.05, 0) is 59.3 Å². The third-order valence-corrected chi connectivity index (χ3v) is 7.35. The Bertz CT molecular complexity index is 584. The van der Waals surface area contributed by atoms with Crippen molar-refractivity contribution < 1.29 is 23.8 Å². The summed E-state index contributed by atoms with van der Waals surface area (Å²) in [6.45, 7) is 8.78. The number of rotatable bonds is 5. The van der Waals surface area contributed by atoms with Crippen molar-refractivity contribution in [1.82, 2.24) is 5.32 Å². The lowest BCUT2D eigenvalue weighted by molar-refractivity contribution is -0.157. The van der Waals surface area contributed by atoms with Crippen molar-refractivity contribution >= 4 is 11.9 Å². The van der Waals surface area contributed by atoms with Gasteiger partial charge in [0.2, 0.25) is 5.91 Å². The molecule has 4 aliphatic rings. The number of esters is 1. The zero-order chi connectivity index (χ0) is 18.8. The molecule has 0 bridgehead atoms. The molecule has 1 amide bonds. The Hall–Kier alpha value is -1.14. The molecule has 0 aromatic carbocycles. The molecule has 6 nitrogen and oxygen atoms in total. The summed E-state index contributed by atoms with van der Waals surface area (Å²) in [5, 5.41) is 2.94. The second-order valence-electron chi connectivity index (χ2n) is 9.76. The number of ether oxygens (including phenoxy) is 3. The van der Waals surface area contributed by atoms with Gasteiger partial charge in [0, 0.05) is 5.41 Å². The first-order valence-electron chi connectivity index (χ1n) is 9.90. The lowest BCUT2D eigenvalue weighted by Crippen LogP contribution is -2.44. The summed E-state index contributed by atoms with van der Waals surface area (Å²) in [7, 11) is 0. The third-order valence-electron chi connectivity index (χ3n) is 7.35. The maximum atomic E-state index is 12.6. The van der Waals surface area contributed by atoms with Crippen LogP contribution in [0.25, 0.3) is 0 Å². The van der Waals surface area contributed by atoms with E-state index in [0.717, 1.165) is 38.5 Å². The second-order valence-corrected chi connectivity index (χ2v) is 9.76. The van der Waals surface area contributed by atoms with E-state index in [9.17, 15) is 9.59 Å². The van der Waals surface area contributed by atoms with Crippen molar-refractivity contribution in [3.8, 4) is 0 Å². The van der Waals surface area contributed by atoms with E-state index in [4.69, 9.17) is 14.2 Å². The third kappa shape index (κ3) is 3.05. The number of carbonyl (C=O) groups is 2. The van der Waals surface area contributed by atoms with Crippen LogP contribution in [0.15, 0.2) is 0 Å². The van der Waals surface area contributed by atoms with Crippen molar-refractivity contribution in [1.29, 1.82) is 0 Å². The summed E-state index contributed by atoms with van der Waals surface area (Å²) in [6.07, 6.45) is 5.37. The standard InChI is InChI=1S/C20H31NO5/c1-17(5-7-19(3)13(11-17)25-19)15(22)21-9-10-24-16(23)18(2)6-8-20(4)14(12-18)26-20/h13-14H,5-12H2,1-4H3,(H,21,22). The highest BCUT2D eigenvalue weighted by molar-refractivity contribution is 5.82. The van der Waals surface area contributed by atoms with Gasteiger partial charge in [-0.2, -0.15) is 0 Å². The minimum atomic E-state index is -0.464. The summed E-state index contributed by atoms with van der Waals surface area (Å²) in [5.74, 6) is -0.132. The quantitative estimate of drug-likeness (QED) is 0.459. The molecule has 0 radical (unpaired) electrons. The molecule has 0 aromatic rings. The van der Waals surface area contributed by atoms with Crippen LogP contribution in [0, 0.1) is 10.8 Å². The van der Waals surface area contributed by atoms with E-state index in [1.807, 2.05) is 13.8 Å². The lowest BCUT2D eigenvalue weighted by atomic mass is 9.71. The molecule has 2 aliphatic heterocycles. The zero-order valence-corrected chi connectivity index (χ0v) is 16.4. The number of carbonyl (C=O) groups excluding carboxylic acids is 2. The van der Waals surface area contributed by atoms with E-state index in [-0.39, 0.29) is 47.3 Å². The minimum Gasteiger partial charge on any atom is -0.463 e. The molecule has 6 atom stereocenters. The number of hydrogen-bond acceptors (Lipinski definition) is 5. The minimum absolute atomic E-state index is 0.00606. The number of fused-ring (bicyclic) bond motifs is 2. The van der Waals surface area contributed by atoms with Crippen LogP contribution in [-0.2, 0) is 23.8 Å². The van der Waals surface area contributed by atoms with Crippen LogP contribution < -0.4 is 5.32 Å². The smallest absolute Gasteiger partial charge is 0.311 e. The molecule has 146 valence electrons. The molecule has 2 heterocycles. The van der Waals surface area contributed by atoms with Crippen molar-refractivity contribution in [3.05, 3.63) is 0 Å². The Balaban J connectivity index is 1.19. The maximum Gasteiger partial charge on any atom is 0.311 e. The van der Waals surface area contributed by atoms with Gasteiger partial charge < -0.3 is 19.5 Å². The van der Waals surface area contributed by atoms with Gasteiger partial charge in [-0.3, -0.25) is 9.59 Å². The summed E-state index contributed by atoms with van der Waals surface area (Å²) in [6, 6.07) is 0. The SMILES string of the molecule is CC1(C(=O)NCCOC(=O)C2(C)CCC3(C)OC3C2)CCC2(C)OC2C1. The summed E-state index contributed by atoms with van der Waals surface area (Å²) in [5.41, 5.74) is -0.849. The first kappa shape index (κ1) is 18.2. The van der Waals surface area contributed by atoms with Crippen molar-refractivity contribution in [2.75, 3.05) is 13.2 Å². The highest BCUT2D eigenvalue weighted by atomic mass is 16.6. The van der Waals surface area contributed by atoms with Gasteiger partial charge in [-0.1, -0.05) is 6.92 Å². The Kier molecular flexibility index (Phi) is 3.98. The van der Waals surface area contributed by atoms with Crippen LogP contribution in [0.3, 0.4) is 0 Å². The fourth-order valence-corrected chi connectivity index (χ4v) is 4.70. The molecule has 6 heteroatoms. The van der Waals surface area contributed by atoms with Crippen LogP contribution in [0.4, 0.5) is 0 Å². The molecule has 0 spiro atoms. The van der Waals surface area contributed by atoms with Gasteiger partial charge in [0.05, 0.1) is 35.4 Å². The Labute approximate surface area is 155 Å². The molecule has 0 aromatic heterocycles. The molecule has 1 N–H and O–H groups in total. The van der Waals surface area contributed by atoms with Gasteiger partial charge in [0.25, 0.3) is 0 Å². The molecule has 4 rings (SSSR count). The number of hydrogen-bond donors (Lipinski definition) is 1. The van der Waals surface area contributed by atoms with Crippen LogP contribution in [0.2, 0.25) is 0 Å². The Morgan fingerprint density at radius 3 is 2.04 bits per heavy atom. The molecule has 2 saturated heterocycles. The molecular formula is C20H31NO5. The van der Waals surface area contributed by atoms with Crippen LogP contribution in [0.5, 0.6) is 0 Å². The second kappa shape index (κ2) is 5.68. The van der Waals surface area contributed by atoms with Gasteiger partial charge in [0.15, 0.2) is 0 Å². The first-order valence-corrected chi connectivity index (χ1v) is 9.90. The van der Waals surface area contributed by atoms with Gasteiger partial charge in [-0.15, -0.1) is 0 Å². The van der Waals surface area contributed by atoms with E-state index < -0.39 is 5.41 Å². The molecule has 2 aliphatic carbocycles. The van der Waals surface area contributed by atoms with Crippen molar-refractivity contribution in [2.24, 2.45) is 10.8 Å². The largest absolute Gasteiger partial charge is 0.463 e. The van der Waals surface area contributed by atoms with E-state index in [1.165, 1.54) is 0 Å². The van der Waals surface area contributed by atoms with Crippen LogP contribution in [0.1, 0.15) is 66.2 Å². The average Bonchev–Trinajstić information content (AvgIpc) is 3.44. The fourth-order valence-electron chi connectivity index (χ4n) is 4.70. The predicted octanol–water partition coefficient (Wildman–Crippen LogP) is 2.34. The molecule has 2 saturated carbocycles. The highest BCUT2D eigenvalue weighted by Crippen LogP contribution is 2.54. The molecular weight excluding hydrogens is 334 g/mol. The predicted molar refractivity (Wildman–Crippen MR) is 94.4 cm³/mol. The topological polar surface area (TPSA) is 80.5 Å². The van der Waals surface area contributed by atoms with Crippen molar-refractivity contribution in [3.63, 3.8) is 0 Å². The Morgan fingerprint density at radius 2 is 1.46 bits per heavy atom. The average molecular weight is 365 g/mol. The number of epoxide rings is 2. The monoisotopic (exact) mass is 365 g/mol. The number of amides is 1. The first-order chi connectivity index (χ1) is 12.1. The lowest BCUT2D eigenvalue weighted by Gasteiger charge is -2.32. The molecule has 26 heavy (non-hydrogen) atoms. The van der Waals surface area contributed by atoms with Gasteiger partial charge in [0.1, 0.15) is 6.61 Å². The van der Waals surface area contributed by atoms with Crippen molar-refractivity contribution in [2.45, 2.75) is 89.6 Å². The zero-order valence-electron chi connectivity index (χ0n) is 16.4. The highest BCUT2D eigenvalue weighted by Gasteiger charge is 2.61. The van der Waals surface area contributed by atoms with Crippen LogP contribution >= 0.6 is 0 Å². The summed E-state index contributed by atoms with van der Waals surface area (Å²) in [4.78, 5) is 25.0. The van der Waals surface area contributed by atoms with E-state index in [2.05, 4.69) is 19.2 Å². The van der Waals surface area contributed by atoms with E-state index >= 15 is 0 Å². The molecule has 4 fully saturated rings. The number of nitrogens with one attached hydrogen (secondary N) is 1. The van der Waals surface area contributed by atoms with E-state index in [0.29, 0.717) is 6.54 Å².